The number of hydrogen-bond donors (Lipinski definition) is 1. The van der Waals surface area contributed by atoms with Gasteiger partial charge in [-0.15, -0.1) is 0 Å². The van der Waals surface area contributed by atoms with Crippen molar-refractivity contribution in [1.29, 1.82) is 0 Å². The van der Waals surface area contributed by atoms with Crippen LogP contribution in [0.4, 0.5) is 5.69 Å². The van der Waals surface area contributed by atoms with Crippen LogP contribution in [-0.4, -0.2) is 72.3 Å². The lowest BCUT2D eigenvalue weighted by Crippen LogP contribution is -2.33. The van der Waals surface area contributed by atoms with Crippen molar-refractivity contribution in [2.45, 2.75) is 37.5 Å². The Morgan fingerprint density at radius 2 is 1.86 bits per heavy atom. The number of likely N-dealkylation sites (tertiary alicyclic amines) is 1. The number of carbonyl (C=O) groups excluding carboxylic acids is 3. The largest absolute Gasteiger partial charge is 0.493 e. The molecule has 2 aliphatic rings. The summed E-state index contributed by atoms with van der Waals surface area (Å²) >= 11 is 1.37. The lowest BCUT2D eigenvalue weighted by molar-refractivity contribution is -0.121. The first-order valence-electron chi connectivity index (χ1n) is 12.3. The number of hydrogen-bond acceptors (Lipinski definition) is 7. The monoisotopic (exact) mass is 524 g/mol. The van der Waals surface area contributed by atoms with Gasteiger partial charge in [0.25, 0.3) is 11.8 Å². The van der Waals surface area contributed by atoms with E-state index in [1.54, 1.807) is 56.5 Å². The smallest absolute Gasteiger partial charge is 0.262 e. The molecule has 0 saturated carbocycles. The van der Waals surface area contributed by atoms with E-state index in [9.17, 15) is 14.4 Å². The third kappa shape index (κ3) is 6.43. The number of benzene rings is 2. The highest BCUT2D eigenvalue weighted by atomic mass is 32.2. The lowest BCUT2D eigenvalue weighted by atomic mass is 10.1. The van der Waals surface area contributed by atoms with Gasteiger partial charge < -0.3 is 24.6 Å². The average molecular weight is 525 g/mol. The number of anilines is 1. The maximum Gasteiger partial charge on any atom is 0.262 e. The molecule has 37 heavy (non-hydrogen) atoms. The molecule has 1 N–H and O–H groups in total. The molecule has 196 valence electrons. The number of amidine groups is 1. The van der Waals surface area contributed by atoms with Gasteiger partial charge in [-0.2, -0.15) is 4.99 Å². The molecule has 0 aromatic heterocycles. The second kappa shape index (κ2) is 12.1. The molecule has 0 bridgehead atoms. The Labute approximate surface area is 221 Å². The summed E-state index contributed by atoms with van der Waals surface area (Å²) in [7, 11) is 4.83. The zero-order valence-corrected chi connectivity index (χ0v) is 22.2. The minimum atomic E-state index is -0.522. The molecule has 4 rings (SSSR count). The molecule has 0 radical (unpaired) electrons. The predicted octanol–water partition coefficient (Wildman–Crippen LogP) is 3.79. The van der Waals surface area contributed by atoms with Crippen LogP contribution in [0.3, 0.4) is 0 Å². The van der Waals surface area contributed by atoms with E-state index in [1.165, 1.54) is 18.2 Å². The Morgan fingerprint density at radius 3 is 2.59 bits per heavy atom. The van der Waals surface area contributed by atoms with Crippen LogP contribution >= 0.6 is 11.8 Å². The van der Waals surface area contributed by atoms with Gasteiger partial charge in [-0.25, -0.2) is 0 Å². The Kier molecular flexibility index (Phi) is 8.70. The van der Waals surface area contributed by atoms with Crippen molar-refractivity contribution < 1.29 is 23.9 Å². The fourth-order valence-electron chi connectivity index (χ4n) is 4.47. The van der Waals surface area contributed by atoms with Crippen LogP contribution in [0.25, 0.3) is 0 Å². The molecule has 10 heteroatoms. The van der Waals surface area contributed by atoms with Gasteiger partial charge in [0.15, 0.2) is 16.7 Å². The standard InChI is InChI=1S/C27H32N4O5S/c1-30(17-19-10-8-12-21(35-2)24(19)36-3)26(34)18-9-7-11-20(15-18)28-23(32)16-22-25(33)29-27(37-22)31-13-5-4-6-14-31/h7-12,15,22H,4-6,13-14,16-17H2,1-3H3,(H,28,32)/t22-/m1/s1. The second-order valence-corrected chi connectivity index (χ2v) is 10.2. The summed E-state index contributed by atoms with van der Waals surface area (Å²) in [5.41, 5.74) is 1.74. The molecular formula is C27H32N4O5S. The number of nitrogens with one attached hydrogen (secondary N) is 1. The van der Waals surface area contributed by atoms with Gasteiger partial charge in [-0.1, -0.05) is 30.0 Å². The number of methoxy groups -OCH3 is 2. The first kappa shape index (κ1) is 26.5. The Hall–Kier alpha value is -3.53. The van der Waals surface area contributed by atoms with Crippen molar-refractivity contribution in [2.24, 2.45) is 4.99 Å². The van der Waals surface area contributed by atoms with Crippen molar-refractivity contribution in [3.8, 4) is 11.5 Å². The van der Waals surface area contributed by atoms with Crippen LogP contribution < -0.4 is 14.8 Å². The van der Waals surface area contributed by atoms with Gasteiger partial charge in [-0.3, -0.25) is 14.4 Å². The Balaban J connectivity index is 1.35. The number of para-hydroxylation sites is 1. The summed E-state index contributed by atoms with van der Waals surface area (Å²) in [4.78, 5) is 46.1. The quantitative estimate of drug-likeness (QED) is 0.561. The van der Waals surface area contributed by atoms with Crippen LogP contribution in [-0.2, 0) is 16.1 Å². The molecule has 0 aliphatic carbocycles. The first-order valence-corrected chi connectivity index (χ1v) is 13.2. The summed E-state index contributed by atoms with van der Waals surface area (Å²) in [5, 5.41) is 3.03. The summed E-state index contributed by atoms with van der Waals surface area (Å²) in [5.74, 6) is 0.414. The number of rotatable bonds is 8. The summed E-state index contributed by atoms with van der Waals surface area (Å²) in [6.45, 7) is 2.12. The molecule has 2 heterocycles. The van der Waals surface area contributed by atoms with Crippen molar-refractivity contribution in [2.75, 3.05) is 39.7 Å². The molecule has 2 aromatic carbocycles. The highest BCUT2D eigenvalue weighted by Gasteiger charge is 2.33. The van der Waals surface area contributed by atoms with Crippen LogP contribution in [0.15, 0.2) is 47.5 Å². The van der Waals surface area contributed by atoms with Crippen molar-refractivity contribution >= 4 is 40.3 Å². The molecule has 1 fully saturated rings. The van der Waals surface area contributed by atoms with E-state index in [2.05, 4.69) is 15.2 Å². The molecule has 0 spiro atoms. The van der Waals surface area contributed by atoms with Gasteiger partial charge >= 0.3 is 0 Å². The first-order chi connectivity index (χ1) is 17.9. The van der Waals surface area contributed by atoms with Crippen molar-refractivity contribution in [1.82, 2.24) is 9.80 Å². The van der Waals surface area contributed by atoms with E-state index >= 15 is 0 Å². The molecule has 3 amide bonds. The van der Waals surface area contributed by atoms with Gasteiger partial charge in [0.2, 0.25) is 5.91 Å². The Morgan fingerprint density at radius 1 is 1.11 bits per heavy atom. The van der Waals surface area contributed by atoms with Crippen LogP contribution in [0, 0.1) is 0 Å². The number of ether oxygens (including phenoxy) is 2. The van der Waals surface area contributed by atoms with E-state index in [1.807, 2.05) is 12.1 Å². The maximum atomic E-state index is 13.1. The highest BCUT2D eigenvalue weighted by molar-refractivity contribution is 8.15. The highest BCUT2D eigenvalue weighted by Crippen LogP contribution is 2.32. The second-order valence-electron chi connectivity index (χ2n) is 9.03. The summed E-state index contributed by atoms with van der Waals surface area (Å²) in [6.07, 6.45) is 3.41. The maximum absolute atomic E-state index is 13.1. The third-order valence-corrected chi connectivity index (χ3v) is 7.57. The van der Waals surface area contributed by atoms with E-state index in [-0.39, 0.29) is 24.1 Å². The number of carbonyl (C=O) groups is 3. The number of amides is 3. The minimum Gasteiger partial charge on any atom is -0.493 e. The number of thioether (sulfide) groups is 1. The number of aliphatic imine (C=N–C) groups is 1. The zero-order valence-electron chi connectivity index (χ0n) is 21.4. The fourth-order valence-corrected chi connectivity index (χ4v) is 5.58. The van der Waals surface area contributed by atoms with Crippen molar-refractivity contribution in [3.63, 3.8) is 0 Å². The van der Waals surface area contributed by atoms with Gasteiger partial charge in [0, 0.05) is 49.9 Å². The van der Waals surface area contributed by atoms with Crippen LogP contribution in [0.5, 0.6) is 11.5 Å². The summed E-state index contributed by atoms with van der Waals surface area (Å²) < 4.78 is 10.8. The lowest BCUT2D eigenvalue weighted by Gasteiger charge is -2.27. The van der Waals surface area contributed by atoms with E-state index in [0.717, 1.165) is 36.7 Å². The molecule has 1 atom stereocenters. The third-order valence-electron chi connectivity index (χ3n) is 6.36. The molecule has 0 unspecified atom stereocenters. The van der Waals surface area contributed by atoms with Gasteiger partial charge in [-0.05, 0) is 43.5 Å². The minimum absolute atomic E-state index is 0.0258. The van der Waals surface area contributed by atoms with E-state index in [0.29, 0.717) is 29.3 Å². The van der Waals surface area contributed by atoms with Crippen LogP contribution in [0.1, 0.15) is 41.6 Å². The normalized spacial score (nSPS) is 17.3. The topological polar surface area (TPSA) is 101 Å². The van der Waals surface area contributed by atoms with Gasteiger partial charge in [0.1, 0.15) is 5.25 Å². The molecule has 2 aromatic rings. The molecular weight excluding hydrogens is 492 g/mol. The Bertz CT molecular complexity index is 1200. The zero-order chi connectivity index (χ0) is 26.4. The van der Waals surface area contributed by atoms with E-state index < -0.39 is 5.25 Å². The number of piperidine rings is 1. The molecule has 2 aliphatic heterocycles. The predicted molar refractivity (Wildman–Crippen MR) is 144 cm³/mol. The molecule has 9 nitrogen and oxygen atoms in total. The van der Waals surface area contributed by atoms with Crippen LogP contribution in [0.2, 0.25) is 0 Å². The SMILES string of the molecule is COc1cccc(CN(C)C(=O)c2cccc(NC(=O)C[C@H]3SC(N4CCCCC4)=NC3=O)c2)c1OC. The fraction of sp³-hybridized carbons (Fsp3) is 0.407. The molecule has 1 saturated heterocycles. The summed E-state index contributed by atoms with van der Waals surface area (Å²) in [6, 6.07) is 12.3. The van der Waals surface area contributed by atoms with Crippen molar-refractivity contribution in [3.05, 3.63) is 53.6 Å². The van der Waals surface area contributed by atoms with E-state index in [4.69, 9.17) is 9.47 Å². The van der Waals surface area contributed by atoms with Gasteiger partial charge in [0.05, 0.1) is 14.2 Å². The average Bonchev–Trinajstić information content (AvgIpc) is 3.28. The number of nitrogens with zero attached hydrogens (tertiary/aromatic N) is 3.